The molecule has 1 unspecified atom stereocenters. The molecule has 82 valence electrons. The first-order chi connectivity index (χ1) is 7.16. The fourth-order valence-corrected chi connectivity index (χ4v) is 2.82. The first-order valence-electron chi connectivity index (χ1n) is 4.43. The highest BCUT2D eigenvalue weighted by Crippen LogP contribution is 2.25. The van der Waals surface area contributed by atoms with Crippen LogP contribution in [0.2, 0.25) is 0 Å². The predicted octanol–water partition coefficient (Wildman–Crippen LogP) is 1.40. The monoisotopic (exact) mass is 307 g/mol. The van der Waals surface area contributed by atoms with E-state index >= 15 is 0 Å². The molecule has 0 amide bonds. The van der Waals surface area contributed by atoms with Gasteiger partial charge in [-0.3, -0.25) is 0 Å². The number of hydrogen-bond donors (Lipinski definition) is 1. The SMILES string of the molecule is NC(=S)C1CN(c2nc(Br)cs2)CCO1. The molecular formula is C8H10BrN3OS2. The first-order valence-corrected chi connectivity index (χ1v) is 6.52. The van der Waals surface area contributed by atoms with Crippen LogP contribution < -0.4 is 10.6 Å². The third-order valence-electron chi connectivity index (χ3n) is 2.12. The van der Waals surface area contributed by atoms with Crippen molar-refractivity contribution >= 4 is 49.6 Å². The van der Waals surface area contributed by atoms with Crippen LogP contribution in [0.25, 0.3) is 0 Å². The van der Waals surface area contributed by atoms with Gasteiger partial charge >= 0.3 is 0 Å². The zero-order chi connectivity index (χ0) is 10.8. The van der Waals surface area contributed by atoms with Crippen molar-refractivity contribution in [3.8, 4) is 0 Å². The Hall–Kier alpha value is -0.240. The topological polar surface area (TPSA) is 51.4 Å². The molecule has 1 atom stereocenters. The molecule has 7 heteroatoms. The lowest BCUT2D eigenvalue weighted by atomic mass is 10.3. The predicted molar refractivity (Wildman–Crippen MR) is 68.6 cm³/mol. The van der Waals surface area contributed by atoms with Gasteiger partial charge in [-0.15, -0.1) is 11.3 Å². The molecule has 1 fully saturated rings. The van der Waals surface area contributed by atoms with Crippen LogP contribution in [0, 0.1) is 0 Å². The molecule has 0 bridgehead atoms. The number of aromatic nitrogens is 1. The van der Waals surface area contributed by atoms with E-state index in [2.05, 4.69) is 25.8 Å². The Balaban J connectivity index is 2.07. The molecule has 0 radical (unpaired) electrons. The molecule has 2 rings (SSSR count). The summed E-state index contributed by atoms with van der Waals surface area (Å²) in [5.74, 6) is 0. The van der Waals surface area contributed by atoms with Gasteiger partial charge in [0.2, 0.25) is 0 Å². The van der Waals surface area contributed by atoms with Crippen molar-refractivity contribution in [3.63, 3.8) is 0 Å². The van der Waals surface area contributed by atoms with E-state index in [0.717, 1.165) is 16.3 Å². The summed E-state index contributed by atoms with van der Waals surface area (Å²) in [5.41, 5.74) is 5.57. The number of anilines is 1. The summed E-state index contributed by atoms with van der Waals surface area (Å²) < 4.78 is 6.32. The maximum absolute atomic E-state index is 5.57. The molecule has 15 heavy (non-hydrogen) atoms. The van der Waals surface area contributed by atoms with Crippen molar-refractivity contribution in [1.29, 1.82) is 0 Å². The number of ether oxygens (including phenoxy) is 1. The second-order valence-electron chi connectivity index (χ2n) is 3.16. The lowest BCUT2D eigenvalue weighted by Crippen LogP contribution is -2.47. The maximum Gasteiger partial charge on any atom is 0.186 e. The van der Waals surface area contributed by atoms with E-state index in [9.17, 15) is 0 Å². The Morgan fingerprint density at radius 1 is 1.80 bits per heavy atom. The smallest absolute Gasteiger partial charge is 0.186 e. The fraction of sp³-hybridized carbons (Fsp3) is 0.500. The Kier molecular flexibility index (Phi) is 3.55. The largest absolute Gasteiger partial charge is 0.391 e. The fourth-order valence-electron chi connectivity index (χ4n) is 1.39. The molecule has 0 aromatic carbocycles. The van der Waals surface area contributed by atoms with Crippen LogP contribution in [-0.4, -0.2) is 35.8 Å². The molecule has 1 saturated heterocycles. The Bertz CT molecular complexity index is 371. The highest BCUT2D eigenvalue weighted by molar-refractivity contribution is 9.10. The standard InChI is InChI=1S/C8H10BrN3OS2/c9-6-4-15-8(11-6)12-1-2-13-5(3-12)7(10)14/h4-5H,1-3H2,(H2,10,14). The van der Waals surface area contributed by atoms with Gasteiger partial charge in [0, 0.05) is 11.9 Å². The molecule has 0 spiro atoms. The number of hydrogen-bond acceptors (Lipinski definition) is 5. The number of nitrogens with two attached hydrogens (primary N) is 1. The molecule has 1 aromatic rings. The normalized spacial score (nSPS) is 21.7. The number of morpholine rings is 1. The number of thiocarbonyl (C=S) groups is 1. The van der Waals surface area contributed by atoms with Gasteiger partial charge in [-0.25, -0.2) is 4.98 Å². The third-order valence-corrected chi connectivity index (χ3v) is 3.99. The van der Waals surface area contributed by atoms with Gasteiger partial charge < -0.3 is 15.4 Å². The number of halogens is 1. The van der Waals surface area contributed by atoms with Gasteiger partial charge in [-0.05, 0) is 15.9 Å². The van der Waals surface area contributed by atoms with Crippen molar-refractivity contribution in [3.05, 3.63) is 9.98 Å². The van der Waals surface area contributed by atoms with E-state index in [-0.39, 0.29) is 6.10 Å². The van der Waals surface area contributed by atoms with Crippen molar-refractivity contribution in [1.82, 2.24) is 4.98 Å². The second kappa shape index (κ2) is 4.73. The summed E-state index contributed by atoms with van der Waals surface area (Å²) in [4.78, 5) is 6.90. The second-order valence-corrected chi connectivity index (χ2v) is 5.28. The van der Waals surface area contributed by atoms with Gasteiger partial charge in [0.1, 0.15) is 15.7 Å². The first kappa shape index (κ1) is 11.3. The van der Waals surface area contributed by atoms with E-state index in [1.807, 2.05) is 5.38 Å². The zero-order valence-corrected chi connectivity index (χ0v) is 11.1. The minimum absolute atomic E-state index is 0.156. The van der Waals surface area contributed by atoms with Crippen LogP contribution in [0.3, 0.4) is 0 Å². The number of nitrogens with zero attached hydrogens (tertiary/aromatic N) is 2. The van der Waals surface area contributed by atoms with E-state index in [0.29, 0.717) is 18.1 Å². The van der Waals surface area contributed by atoms with Crippen LogP contribution >= 0.6 is 39.5 Å². The molecule has 1 aliphatic rings. The molecule has 1 aliphatic heterocycles. The molecule has 1 aromatic heterocycles. The number of thiazole rings is 1. The molecule has 0 aliphatic carbocycles. The van der Waals surface area contributed by atoms with Crippen LogP contribution in [-0.2, 0) is 4.74 Å². The Morgan fingerprint density at radius 3 is 3.20 bits per heavy atom. The summed E-state index contributed by atoms with van der Waals surface area (Å²) in [6, 6.07) is 0. The van der Waals surface area contributed by atoms with Gasteiger partial charge in [0.25, 0.3) is 0 Å². The van der Waals surface area contributed by atoms with E-state index in [1.54, 1.807) is 11.3 Å². The minimum Gasteiger partial charge on any atom is -0.391 e. The van der Waals surface area contributed by atoms with Gasteiger partial charge in [0.05, 0.1) is 13.2 Å². The maximum atomic E-state index is 5.57. The van der Waals surface area contributed by atoms with Crippen molar-refractivity contribution in [2.24, 2.45) is 5.73 Å². The summed E-state index contributed by atoms with van der Waals surface area (Å²) in [7, 11) is 0. The summed E-state index contributed by atoms with van der Waals surface area (Å²) >= 11 is 9.86. The van der Waals surface area contributed by atoms with Crippen LogP contribution in [0.1, 0.15) is 0 Å². The molecular weight excluding hydrogens is 298 g/mol. The van der Waals surface area contributed by atoms with Gasteiger partial charge in [-0.1, -0.05) is 12.2 Å². The molecule has 2 heterocycles. The minimum atomic E-state index is -0.156. The highest BCUT2D eigenvalue weighted by Gasteiger charge is 2.24. The van der Waals surface area contributed by atoms with Crippen LogP contribution in [0.5, 0.6) is 0 Å². The van der Waals surface area contributed by atoms with Crippen molar-refractivity contribution in [2.75, 3.05) is 24.6 Å². The van der Waals surface area contributed by atoms with Crippen molar-refractivity contribution < 1.29 is 4.74 Å². The van der Waals surface area contributed by atoms with Crippen molar-refractivity contribution in [2.45, 2.75) is 6.10 Å². The van der Waals surface area contributed by atoms with Crippen LogP contribution in [0.15, 0.2) is 9.98 Å². The van der Waals surface area contributed by atoms with Gasteiger partial charge in [0.15, 0.2) is 5.13 Å². The Morgan fingerprint density at radius 2 is 2.60 bits per heavy atom. The van der Waals surface area contributed by atoms with E-state index < -0.39 is 0 Å². The van der Waals surface area contributed by atoms with Crippen LogP contribution in [0.4, 0.5) is 5.13 Å². The molecule has 4 nitrogen and oxygen atoms in total. The average molecular weight is 308 g/mol. The Labute approximate surface area is 106 Å². The summed E-state index contributed by atoms with van der Waals surface area (Å²) in [6.07, 6.45) is -0.156. The number of rotatable bonds is 2. The summed E-state index contributed by atoms with van der Waals surface area (Å²) in [5, 5.41) is 2.94. The van der Waals surface area contributed by atoms with E-state index in [1.165, 1.54) is 0 Å². The lowest BCUT2D eigenvalue weighted by molar-refractivity contribution is 0.0847. The van der Waals surface area contributed by atoms with Gasteiger partial charge in [-0.2, -0.15) is 0 Å². The third kappa shape index (κ3) is 2.66. The molecule has 0 saturated carbocycles. The average Bonchev–Trinajstić information content (AvgIpc) is 2.65. The summed E-state index contributed by atoms with van der Waals surface area (Å²) in [6.45, 7) is 2.16. The van der Waals surface area contributed by atoms with E-state index in [4.69, 9.17) is 22.7 Å². The lowest BCUT2D eigenvalue weighted by Gasteiger charge is -2.31. The highest BCUT2D eigenvalue weighted by atomic mass is 79.9. The molecule has 2 N–H and O–H groups in total. The quantitative estimate of drug-likeness (QED) is 0.837. The zero-order valence-electron chi connectivity index (χ0n) is 7.85.